The number of carbonyl (C=O) groups excluding carboxylic acids is 2. The molecule has 0 aliphatic heterocycles. The molecular weight excluding hydrogens is 324 g/mol. The Balaban J connectivity index is 1.66. The van der Waals surface area contributed by atoms with Gasteiger partial charge in [0.2, 0.25) is 11.8 Å². The van der Waals surface area contributed by atoms with Crippen molar-refractivity contribution in [2.24, 2.45) is 0 Å². The van der Waals surface area contributed by atoms with Crippen molar-refractivity contribution in [3.63, 3.8) is 0 Å². The Morgan fingerprint density at radius 2 is 1.04 bits per heavy atom. The molecule has 0 bridgehead atoms. The number of aryl methyl sites for hydroxylation is 2. The summed E-state index contributed by atoms with van der Waals surface area (Å²) in [5, 5.41) is 5.47. The average molecular weight is 348 g/mol. The maximum absolute atomic E-state index is 11.7. The highest BCUT2D eigenvalue weighted by atomic mass is 16.2. The fourth-order valence-corrected chi connectivity index (χ4v) is 2.19. The third-order valence-corrected chi connectivity index (χ3v) is 3.73. The molecule has 0 spiro atoms. The summed E-state index contributed by atoms with van der Waals surface area (Å²) >= 11 is 0. The molecule has 0 heterocycles. The molecule has 0 aromatic heterocycles. The largest absolute Gasteiger partial charge is 0.351 e. The summed E-state index contributed by atoms with van der Waals surface area (Å²) in [7, 11) is 0. The van der Waals surface area contributed by atoms with Crippen molar-refractivity contribution in [1.29, 1.82) is 0 Å². The number of hydrogen-bond donors (Lipinski definition) is 2. The molecule has 134 valence electrons. The van der Waals surface area contributed by atoms with Crippen LogP contribution in [0.2, 0.25) is 0 Å². The van der Waals surface area contributed by atoms with Gasteiger partial charge in [-0.1, -0.05) is 59.7 Å². The van der Waals surface area contributed by atoms with Crippen LogP contribution in [0.15, 0.2) is 60.7 Å². The van der Waals surface area contributed by atoms with Crippen LogP contribution < -0.4 is 10.6 Å². The zero-order chi connectivity index (χ0) is 18.8. The Morgan fingerprint density at radius 3 is 1.38 bits per heavy atom. The molecule has 0 aliphatic rings. The van der Waals surface area contributed by atoms with Crippen LogP contribution in [0, 0.1) is 13.8 Å². The number of amides is 2. The normalized spacial score (nSPS) is 11.0. The second-order valence-corrected chi connectivity index (χ2v) is 6.07. The summed E-state index contributed by atoms with van der Waals surface area (Å²) < 4.78 is 0. The van der Waals surface area contributed by atoms with Gasteiger partial charge in [0.15, 0.2) is 0 Å². The van der Waals surface area contributed by atoms with Crippen LogP contribution in [0.3, 0.4) is 0 Å². The number of rotatable bonds is 7. The summed E-state index contributed by atoms with van der Waals surface area (Å²) in [6.45, 7) is 4.79. The van der Waals surface area contributed by atoms with E-state index in [9.17, 15) is 9.59 Å². The Labute approximate surface area is 154 Å². The van der Waals surface area contributed by atoms with Crippen molar-refractivity contribution >= 4 is 24.0 Å². The third-order valence-electron chi connectivity index (χ3n) is 3.73. The van der Waals surface area contributed by atoms with E-state index in [1.165, 1.54) is 23.3 Å². The zero-order valence-corrected chi connectivity index (χ0v) is 15.2. The van der Waals surface area contributed by atoms with Crippen molar-refractivity contribution in [3.05, 3.63) is 82.9 Å². The van der Waals surface area contributed by atoms with Gasteiger partial charge in [-0.05, 0) is 37.1 Å². The molecule has 0 saturated carbocycles. The first kappa shape index (κ1) is 19.2. The zero-order valence-electron chi connectivity index (χ0n) is 15.2. The highest BCUT2D eigenvalue weighted by Crippen LogP contribution is 2.05. The van der Waals surface area contributed by atoms with E-state index in [-0.39, 0.29) is 11.8 Å². The molecule has 0 unspecified atom stereocenters. The number of nitrogens with one attached hydrogen (secondary N) is 2. The SMILES string of the molecule is Cc1ccc(/C=C/C(=O)NCCNC(=O)/C=C/c2ccc(C)cc2)cc1. The van der Waals surface area contributed by atoms with Crippen LogP contribution >= 0.6 is 0 Å². The Kier molecular flexibility index (Phi) is 7.37. The first-order chi connectivity index (χ1) is 12.5. The molecule has 0 saturated heterocycles. The quantitative estimate of drug-likeness (QED) is 0.596. The van der Waals surface area contributed by atoms with Crippen LogP contribution in [0.25, 0.3) is 12.2 Å². The third kappa shape index (κ3) is 7.18. The second-order valence-electron chi connectivity index (χ2n) is 6.07. The predicted molar refractivity (Wildman–Crippen MR) is 106 cm³/mol. The highest BCUT2D eigenvalue weighted by molar-refractivity contribution is 5.92. The minimum absolute atomic E-state index is 0.185. The molecule has 26 heavy (non-hydrogen) atoms. The maximum Gasteiger partial charge on any atom is 0.244 e. The monoisotopic (exact) mass is 348 g/mol. The van der Waals surface area contributed by atoms with Crippen molar-refractivity contribution in [2.45, 2.75) is 13.8 Å². The lowest BCUT2D eigenvalue weighted by molar-refractivity contribution is -0.118. The Bertz CT molecular complexity index is 718. The van der Waals surface area contributed by atoms with Gasteiger partial charge in [0, 0.05) is 25.2 Å². The molecule has 4 heteroatoms. The summed E-state index contributed by atoms with van der Waals surface area (Å²) in [6.07, 6.45) is 6.50. The van der Waals surface area contributed by atoms with Gasteiger partial charge in [-0.25, -0.2) is 0 Å². The van der Waals surface area contributed by atoms with Crippen LogP contribution in [0.4, 0.5) is 0 Å². The van der Waals surface area contributed by atoms with E-state index in [0.717, 1.165) is 11.1 Å². The molecule has 0 aliphatic carbocycles. The minimum atomic E-state index is -0.185. The van der Waals surface area contributed by atoms with Gasteiger partial charge in [-0.15, -0.1) is 0 Å². The van der Waals surface area contributed by atoms with Gasteiger partial charge in [0.05, 0.1) is 0 Å². The Morgan fingerprint density at radius 1 is 0.692 bits per heavy atom. The van der Waals surface area contributed by atoms with Gasteiger partial charge in [0.1, 0.15) is 0 Å². The smallest absolute Gasteiger partial charge is 0.244 e. The van der Waals surface area contributed by atoms with E-state index in [1.807, 2.05) is 62.4 Å². The fraction of sp³-hybridized carbons (Fsp3) is 0.182. The molecule has 2 amide bonds. The van der Waals surface area contributed by atoms with Gasteiger partial charge < -0.3 is 10.6 Å². The molecule has 0 fully saturated rings. The number of benzene rings is 2. The first-order valence-corrected chi connectivity index (χ1v) is 8.58. The van der Waals surface area contributed by atoms with Crippen molar-refractivity contribution < 1.29 is 9.59 Å². The topological polar surface area (TPSA) is 58.2 Å². The van der Waals surface area contributed by atoms with E-state index < -0.39 is 0 Å². The molecule has 2 aromatic rings. The Hall–Kier alpha value is -3.14. The lowest BCUT2D eigenvalue weighted by Crippen LogP contribution is -2.33. The lowest BCUT2D eigenvalue weighted by Gasteiger charge is -2.03. The first-order valence-electron chi connectivity index (χ1n) is 8.58. The standard InChI is InChI=1S/C22H24N2O2/c1-17-3-7-19(8-4-17)11-13-21(25)23-15-16-24-22(26)14-12-20-9-5-18(2)6-10-20/h3-14H,15-16H2,1-2H3,(H,23,25)(H,24,26)/b13-11+,14-12+. The minimum Gasteiger partial charge on any atom is -0.351 e. The number of carbonyl (C=O) groups is 2. The van der Waals surface area contributed by atoms with E-state index in [2.05, 4.69) is 10.6 Å². The van der Waals surface area contributed by atoms with E-state index in [4.69, 9.17) is 0 Å². The van der Waals surface area contributed by atoms with Gasteiger partial charge >= 0.3 is 0 Å². The van der Waals surface area contributed by atoms with Crippen LogP contribution in [0.5, 0.6) is 0 Å². The highest BCUT2D eigenvalue weighted by Gasteiger charge is 1.97. The lowest BCUT2D eigenvalue weighted by atomic mass is 10.1. The summed E-state index contributed by atoms with van der Waals surface area (Å²) in [5.41, 5.74) is 4.30. The van der Waals surface area contributed by atoms with Gasteiger partial charge in [-0.3, -0.25) is 9.59 Å². The van der Waals surface area contributed by atoms with Crippen LogP contribution in [-0.4, -0.2) is 24.9 Å². The van der Waals surface area contributed by atoms with E-state index >= 15 is 0 Å². The second kappa shape index (κ2) is 9.99. The van der Waals surface area contributed by atoms with Crippen molar-refractivity contribution in [1.82, 2.24) is 10.6 Å². The predicted octanol–water partition coefficient (Wildman–Crippen LogP) is 3.26. The van der Waals surface area contributed by atoms with Crippen molar-refractivity contribution in [2.75, 3.05) is 13.1 Å². The van der Waals surface area contributed by atoms with Gasteiger partial charge in [-0.2, -0.15) is 0 Å². The van der Waals surface area contributed by atoms with Crippen LogP contribution in [-0.2, 0) is 9.59 Å². The molecule has 2 aromatic carbocycles. The average Bonchev–Trinajstić information content (AvgIpc) is 2.64. The molecule has 4 nitrogen and oxygen atoms in total. The molecule has 0 atom stereocenters. The summed E-state index contributed by atoms with van der Waals surface area (Å²) in [6, 6.07) is 15.8. The fourth-order valence-electron chi connectivity index (χ4n) is 2.19. The molecule has 2 N–H and O–H groups in total. The van der Waals surface area contributed by atoms with E-state index in [1.54, 1.807) is 12.2 Å². The van der Waals surface area contributed by atoms with Crippen molar-refractivity contribution in [3.8, 4) is 0 Å². The summed E-state index contributed by atoms with van der Waals surface area (Å²) in [4.78, 5) is 23.5. The number of hydrogen-bond acceptors (Lipinski definition) is 2. The summed E-state index contributed by atoms with van der Waals surface area (Å²) in [5.74, 6) is -0.370. The van der Waals surface area contributed by atoms with Gasteiger partial charge in [0.25, 0.3) is 0 Å². The molecule has 2 rings (SSSR count). The van der Waals surface area contributed by atoms with Crippen LogP contribution in [0.1, 0.15) is 22.3 Å². The van der Waals surface area contributed by atoms with E-state index in [0.29, 0.717) is 13.1 Å². The molecule has 0 radical (unpaired) electrons. The molecular formula is C22H24N2O2. The maximum atomic E-state index is 11.7.